The highest BCUT2D eigenvalue weighted by Crippen LogP contribution is 2.26. The maximum absolute atomic E-state index is 12.9. The van der Waals surface area contributed by atoms with Crippen molar-refractivity contribution in [2.45, 2.75) is 13.5 Å². The average molecular weight is 397 g/mol. The van der Waals surface area contributed by atoms with Crippen molar-refractivity contribution in [1.82, 2.24) is 9.55 Å². The first kappa shape index (κ1) is 20.3. The number of anilines is 1. The highest BCUT2D eigenvalue weighted by atomic mass is 16.5. The molecule has 0 bridgehead atoms. The van der Waals surface area contributed by atoms with Crippen LogP contribution in [0.3, 0.4) is 0 Å². The lowest BCUT2D eigenvalue weighted by atomic mass is 10.1. The number of benzene rings is 1. The summed E-state index contributed by atoms with van der Waals surface area (Å²) < 4.78 is 17.0. The lowest BCUT2D eigenvalue weighted by molar-refractivity contribution is 0.102. The van der Waals surface area contributed by atoms with Gasteiger partial charge in [0.25, 0.3) is 11.5 Å². The van der Waals surface area contributed by atoms with Crippen LogP contribution >= 0.6 is 0 Å². The van der Waals surface area contributed by atoms with E-state index in [-0.39, 0.29) is 11.5 Å². The normalized spacial score (nSPS) is 10.8. The third-order valence-corrected chi connectivity index (χ3v) is 4.54. The zero-order chi connectivity index (χ0) is 21.0. The maximum Gasteiger partial charge on any atom is 0.260 e. The van der Waals surface area contributed by atoms with Crippen LogP contribution in [-0.4, -0.2) is 43.4 Å². The van der Waals surface area contributed by atoms with Crippen molar-refractivity contribution in [2.24, 2.45) is 0 Å². The molecule has 29 heavy (non-hydrogen) atoms. The van der Waals surface area contributed by atoms with Crippen molar-refractivity contribution in [2.75, 3.05) is 33.3 Å². The fourth-order valence-corrected chi connectivity index (χ4v) is 2.98. The van der Waals surface area contributed by atoms with E-state index in [1.54, 1.807) is 50.6 Å². The van der Waals surface area contributed by atoms with Crippen LogP contribution in [0.25, 0.3) is 10.9 Å². The lowest BCUT2D eigenvalue weighted by Crippen LogP contribution is -2.23. The molecule has 0 aliphatic heterocycles. The summed E-state index contributed by atoms with van der Waals surface area (Å²) >= 11 is 0. The summed E-state index contributed by atoms with van der Waals surface area (Å²) in [5.74, 6) is 0.724. The predicted molar refractivity (Wildman–Crippen MR) is 110 cm³/mol. The van der Waals surface area contributed by atoms with Crippen LogP contribution in [0.1, 0.15) is 16.1 Å². The molecule has 1 N–H and O–H groups in total. The molecule has 0 spiro atoms. The van der Waals surface area contributed by atoms with Gasteiger partial charge in [-0.1, -0.05) is 0 Å². The largest absolute Gasteiger partial charge is 0.497 e. The summed E-state index contributed by atoms with van der Waals surface area (Å²) in [6, 6.07) is 8.41. The van der Waals surface area contributed by atoms with Crippen LogP contribution < -0.4 is 20.3 Å². The molecule has 0 atom stereocenters. The summed E-state index contributed by atoms with van der Waals surface area (Å²) in [6.07, 6.45) is 1.68. The minimum atomic E-state index is -0.376. The van der Waals surface area contributed by atoms with Gasteiger partial charge in [0.05, 0.1) is 43.0 Å². The number of hydrogen-bond acceptors (Lipinski definition) is 6. The summed E-state index contributed by atoms with van der Waals surface area (Å²) in [7, 11) is 4.64. The number of amides is 1. The second kappa shape index (κ2) is 8.74. The molecule has 0 saturated heterocycles. The molecular formula is C21H23N3O5. The van der Waals surface area contributed by atoms with Crippen LogP contribution in [0.5, 0.6) is 11.5 Å². The summed E-state index contributed by atoms with van der Waals surface area (Å²) in [4.78, 5) is 30.1. The van der Waals surface area contributed by atoms with E-state index >= 15 is 0 Å². The molecule has 0 aliphatic rings. The van der Waals surface area contributed by atoms with E-state index < -0.39 is 0 Å². The van der Waals surface area contributed by atoms with Gasteiger partial charge in [-0.15, -0.1) is 0 Å². The molecule has 8 nitrogen and oxygen atoms in total. The van der Waals surface area contributed by atoms with Crippen molar-refractivity contribution in [3.8, 4) is 11.5 Å². The Labute approximate surface area is 168 Å². The minimum Gasteiger partial charge on any atom is -0.497 e. The number of carbonyl (C=O) groups is 1. The highest BCUT2D eigenvalue weighted by molar-refractivity contribution is 6.06. The summed E-state index contributed by atoms with van der Waals surface area (Å²) in [6.45, 7) is 2.57. The van der Waals surface area contributed by atoms with Gasteiger partial charge in [-0.05, 0) is 19.1 Å². The minimum absolute atomic E-state index is 0.218. The van der Waals surface area contributed by atoms with Gasteiger partial charge >= 0.3 is 0 Å². The molecule has 1 aromatic carbocycles. The number of methoxy groups -OCH3 is 3. The Morgan fingerprint density at radius 3 is 2.41 bits per heavy atom. The van der Waals surface area contributed by atoms with Gasteiger partial charge in [0, 0.05) is 43.7 Å². The standard InChI is InChI=1S/C21H23N3O5/c1-13-17(20(25)23-14-9-15(28-3)11-16(10-14)29-4)12-18-19(22-13)5-6-24(21(18)26)7-8-27-2/h5-6,9-12H,7-8H2,1-4H3,(H,23,25). The molecule has 0 radical (unpaired) electrons. The van der Waals surface area contributed by atoms with Crippen LogP contribution in [-0.2, 0) is 11.3 Å². The quantitative estimate of drug-likeness (QED) is 0.659. The first-order valence-electron chi connectivity index (χ1n) is 9.01. The number of fused-ring (bicyclic) bond motifs is 1. The van der Waals surface area contributed by atoms with E-state index in [1.807, 2.05) is 0 Å². The molecule has 1 amide bonds. The van der Waals surface area contributed by atoms with Crippen molar-refractivity contribution < 1.29 is 19.0 Å². The Hall–Kier alpha value is -3.39. The van der Waals surface area contributed by atoms with Crippen LogP contribution in [0, 0.1) is 6.92 Å². The monoisotopic (exact) mass is 397 g/mol. The van der Waals surface area contributed by atoms with Crippen LogP contribution in [0.15, 0.2) is 41.3 Å². The Morgan fingerprint density at radius 2 is 1.79 bits per heavy atom. The van der Waals surface area contributed by atoms with Gasteiger partial charge < -0.3 is 24.1 Å². The number of nitrogens with zero attached hydrogens (tertiary/aromatic N) is 2. The number of hydrogen-bond donors (Lipinski definition) is 1. The first-order chi connectivity index (χ1) is 14.0. The summed E-state index contributed by atoms with van der Waals surface area (Å²) in [5.41, 5.74) is 1.68. The van der Waals surface area contributed by atoms with E-state index in [2.05, 4.69) is 10.3 Å². The van der Waals surface area contributed by atoms with Crippen molar-refractivity contribution in [3.05, 3.63) is 58.1 Å². The van der Waals surface area contributed by atoms with Gasteiger partial charge in [-0.2, -0.15) is 0 Å². The molecule has 3 aromatic rings. The number of rotatable bonds is 7. The molecular weight excluding hydrogens is 374 g/mol. The number of aryl methyl sites for hydroxylation is 1. The van der Waals surface area contributed by atoms with Gasteiger partial charge in [-0.25, -0.2) is 0 Å². The van der Waals surface area contributed by atoms with E-state index in [1.165, 1.54) is 18.8 Å². The lowest BCUT2D eigenvalue weighted by Gasteiger charge is -2.12. The van der Waals surface area contributed by atoms with E-state index in [0.29, 0.717) is 52.5 Å². The van der Waals surface area contributed by atoms with Crippen LogP contribution in [0.4, 0.5) is 5.69 Å². The zero-order valence-electron chi connectivity index (χ0n) is 16.8. The maximum atomic E-state index is 12.9. The number of pyridine rings is 2. The zero-order valence-corrected chi connectivity index (χ0v) is 16.8. The molecule has 0 unspecified atom stereocenters. The molecule has 0 aliphatic carbocycles. The average Bonchev–Trinajstić information content (AvgIpc) is 2.72. The Morgan fingerprint density at radius 1 is 1.10 bits per heavy atom. The number of aromatic nitrogens is 2. The first-order valence-corrected chi connectivity index (χ1v) is 9.01. The number of nitrogens with one attached hydrogen (secondary N) is 1. The van der Waals surface area contributed by atoms with E-state index in [0.717, 1.165) is 0 Å². The highest BCUT2D eigenvalue weighted by Gasteiger charge is 2.15. The van der Waals surface area contributed by atoms with E-state index in [4.69, 9.17) is 14.2 Å². The Balaban J connectivity index is 1.98. The van der Waals surface area contributed by atoms with E-state index in [9.17, 15) is 9.59 Å². The van der Waals surface area contributed by atoms with Gasteiger partial charge in [0.2, 0.25) is 0 Å². The summed E-state index contributed by atoms with van der Waals surface area (Å²) in [5, 5.41) is 3.19. The molecule has 0 saturated carbocycles. The molecule has 2 heterocycles. The fourth-order valence-electron chi connectivity index (χ4n) is 2.98. The third kappa shape index (κ3) is 4.38. The van der Waals surface area contributed by atoms with Crippen molar-refractivity contribution in [1.29, 1.82) is 0 Å². The van der Waals surface area contributed by atoms with Gasteiger partial charge in [0.1, 0.15) is 11.5 Å². The molecule has 2 aromatic heterocycles. The topological polar surface area (TPSA) is 91.7 Å². The SMILES string of the molecule is COCCn1ccc2nc(C)c(C(=O)Nc3cc(OC)cc(OC)c3)cc2c1=O. The predicted octanol–water partition coefficient (Wildman–Crippen LogP) is 2.62. The second-order valence-electron chi connectivity index (χ2n) is 6.42. The fraction of sp³-hybridized carbons (Fsp3) is 0.286. The molecule has 152 valence electrons. The Kier molecular flexibility index (Phi) is 6.13. The van der Waals surface area contributed by atoms with Crippen molar-refractivity contribution in [3.63, 3.8) is 0 Å². The number of ether oxygens (including phenoxy) is 3. The van der Waals surface area contributed by atoms with Crippen molar-refractivity contribution >= 4 is 22.5 Å². The smallest absolute Gasteiger partial charge is 0.260 e. The van der Waals surface area contributed by atoms with Crippen LogP contribution in [0.2, 0.25) is 0 Å². The Bertz CT molecular complexity index is 1090. The molecule has 8 heteroatoms. The molecule has 0 fully saturated rings. The molecule has 3 rings (SSSR count). The van der Waals surface area contributed by atoms with Gasteiger partial charge in [0.15, 0.2) is 0 Å². The van der Waals surface area contributed by atoms with Gasteiger partial charge in [-0.3, -0.25) is 14.6 Å². The second-order valence-corrected chi connectivity index (χ2v) is 6.42. The third-order valence-electron chi connectivity index (χ3n) is 4.54. The number of carbonyl (C=O) groups excluding carboxylic acids is 1.